The third-order valence-corrected chi connectivity index (χ3v) is 5.07. The van der Waals surface area contributed by atoms with Crippen molar-refractivity contribution in [1.29, 1.82) is 0 Å². The molecule has 0 aliphatic heterocycles. The summed E-state index contributed by atoms with van der Waals surface area (Å²) in [4.78, 5) is 0. The van der Waals surface area contributed by atoms with Gasteiger partial charge in [0.15, 0.2) is 0 Å². The van der Waals surface area contributed by atoms with Crippen LogP contribution in [-0.4, -0.2) is 14.2 Å². The summed E-state index contributed by atoms with van der Waals surface area (Å²) in [5.74, 6) is 1.83. The first kappa shape index (κ1) is 15.0. The van der Waals surface area contributed by atoms with Crippen molar-refractivity contribution in [3.63, 3.8) is 0 Å². The molecule has 0 bridgehead atoms. The normalized spacial score (nSPS) is 22.2. The van der Waals surface area contributed by atoms with Crippen molar-refractivity contribution < 1.29 is 9.47 Å². The maximum Gasteiger partial charge on any atom is 0.119 e. The monoisotopic (exact) mass is 296 g/mol. The van der Waals surface area contributed by atoms with Crippen molar-refractivity contribution >= 4 is 0 Å². The van der Waals surface area contributed by atoms with Gasteiger partial charge in [-0.2, -0.15) is 0 Å². The van der Waals surface area contributed by atoms with Gasteiger partial charge < -0.3 is 9.47 Å². The van der Waals surface area contributed by atoms with Crippen LogP contribution in [0.2, 0.25) is 0 Å². The molecule has 0 spiro atoms. The highest BCUT2D eigenvalue weighted by Crippen LogP contribution is 2.53. The van der Waals surface area contributed by atoms with Gasteiger partial charge in [0, 0.05) is 5.41 Å². The molecule has 2 aromatic carbocycles. The summed E-state index contributed by atoms with van der Waals surface area (Å²) in [5.41, 5.74) is 4.29. The summed E-state index contributed by atoms with van der Waals surface area (Å²) >= 11 is 0. The molecule has 22 heavy (non-hydrogen) atoms. The first-order valence-electron chi connectivity index (χ1n) is 7.74. The number of hydrogen-bond acceptors (Lipinski definition) is 2. The second-order valence-corrected chi connectivity index (χ2v) is 7.03. The second kappa shape index (κ2) is 5.05. The van der Waals surface area contributed by atoms with Crippen molar-refractivity contribution in [2.75, 3.05) is 14.2 Å². The van der Waals surface area contributed by atoms with Crippen molar-refractivity contribution in [3.05, 3.63) is 59.2 Å². The highest BCUT2D eigenvalue weighted by molar-refractivity contribution is 5.54. The van der Waals surface area contributed by atoms with Crippen LogP contribution in [0, 0.1) is 0 Å². The third-order valence-electron chi connectivity index (χ3n) is 5.07. The Labute approximate surface area is 133 Å². The van der Waals surface area contributed by atoms with E-state index in [0.717, 1.165) is 17.9 Å². The predicted molar refractivity (Wildman–Crippen MR) is 90.1 cm³/mol. The lowest BCUT2D eigenvalue weighted by Crippen LogP contribution is -2.23. The largest absolute Gasteiger partial charge is 0.497 e. The smallest absolute Gasteiger partial charge is 0.119 e. The second-order valence-electron chi connectivity index (χ2n) is 7.03. The van der Waals surface area contributed by atoms with E-state index in [-0.39, 0.29) is 10.8 Å². The van der Waals surface area contributed by atoms with Gasteiger partial charge in [-0.15, -0.1) is 0 Å². The first-order valence-corrected chi connectivity index (χ1v) is 7.74. The fourth-order valence-corrected chi connectivity index (χ4v) is 3.99. The van der Waals surface area contributed by atoms with E-state index >= 15 is 0 Å². The minimum absolute atomic E-state index is 0.000352. The van der Waals surface area contributed by atoms with Gasteiger partial charge in [-0.1, -0.05) is 39.0 Å². The van der Waals surface area contributed by atoms with E-state index < -0.39 is 0 Å². The maximum absolute atomic E-state index is 5.45. The molecule has 0 saturated carbocycles. The Kier molecular flexibility index (Phi) is 3.43. The van der Waals surface area contributed by atoms with E-state index in [1.807, 2.05) is 12.1 Å². The predicted octanol–water partition coefficient (Wildman–Crippen LogP) is 4.69. The summed E-state index contributed by atoms with van der Waals surface area (Å²) in [6.45, 7) is 6.99. The fraction of sp³-hybridized carbons (Fsp3) is 0.400. The number of rotatable bonds is 3. The average molecular weight is 296 g/mol. The summed E-state index contributed by atoms with van der Waals surface area (Å²) < 4.78 is 10.7. The van der Waals surface area contributed by atoms with Crippen LogP contribution in [0.15, 0.2) is 42.5 Å². The van der Waals surface area contributed by atoms with Crippen LogP contribution < -0.4 is 9.47 Å². The standard InChI is InChI=1S/C20H24O2/c1-19(2)13-20(3,14-6-8-15(21-4)9-7-14)18-12-16(22-5)10-11-17(18)19/h6-12H,13H2,1-5H3. The van der Waals surface area contributed by atoms with Crippen LogP contribution in [0.25, 0.3) is 0 Å². The zero-order valence-electron chi connectivity index (χ0n) is 14.1. The molecule has 3 rings (SSSR count). The molecule has 1 aliphatic rings. The Morgan fingerprint density at radius 3 is 1.95 bits per heavy atom. The minimum Gasteiger partial charge on any atom is -0.497 e. The SMILES string of the molecule is COc1ccc(C2(C)CC(C)(C)c3ccc(OC)cc32)cc1. The van der Waals surface area contributed by atoms with E-state index in [1.54, 1.807) is 14.2 Å². The molecule has 0 fully saturated rings. The molecule has 1 atom stereocenters. The van der Waals surface area contributed by atoms with Gasteiger partial charge in [-0.25, -0.2) is 0 Å². The molecule has 0 saturated heterocycles. The lowest BCUT2D eigenvalue weighted by Gasteiger charge is -2.28. The van der Waals surface area contributed by atoms with Gasteiger partial charge in [-0.3, -0.25) is 0 Å². The van der Waals surface area contributed by atoms with Crippen LogP contribution in [0.3, 0.4) is 0 Å². The highest BCUT2D eigenvalue weighted by atomic mass is 16.5. The van der Waals surface area contributed by atoms with Gasteiger partial charge in [0.25, 0.3) is 0 Å². The van der Waals surface area contributed by atoms with Gasteiger partial charge >= 0.3 is 0 Å². The number of fused-ring (bicyclic) bond motifs is 1. The van der Waals surface area contributed by atoms with Gasteiger partial charge in [0.05, 0.1) is 14.2 Å². The zero-order valence-corrected chi connectivity index (χ0v) is 14.1. The van der Waals surface area contributed by atoms with E-state index in [9.17, 15) is 0 Å². The molecule has 2 nitrogen and oxygen atoms in total. The Bertz CT molecular complexity index is 685. The fourth-order valence-electron chi connectivity index (χ4n) is 3.99. The van der Waals surface area contributed by atoms with Crippen LogP contribution in [0.5, 0.6) is 11.5 Å². The molecule has 1 aliphatic carbocycles. The molecule has 2 aromatic rings. The van der Waals surface area contributed by atoms with Gasteiger partial charge in [-0.05, 0) is 52.8 Å². The van der Waals surface area contributed by atoms with E-state index in [4.69, 9.17) is 9.47 Å². The Morgan fingerprint density at radius 2 is 1.36 bits per heavy atom. The average Bonchev–Trinajstić information content (AvgIpc) is 2.74. The lowest BCUT2D eigenvalue weighted by molar-refractivity contribution is 0.409. The molecule has 1 unspecified atom stereocenters. The molecule has 2 heteroatoms. The van der Waals surface area contributed by atoms with Crippen LogP contribution in [0.1, 0.15) is 43.9 Å². The highest BCUT2D eigenvalue weighted by Gasteiger charge is 2.45. The molecule has 0 radical (unpaired) electrons. The summed E-state index contributed by atoms with van der Waals surface area (Å²) in [7, 11) is 3.43. The Balaban J connectivity index is 2.15. The van der Waals surface area contributed by atoms with E-state index in [1.165, 1.54) is 16.7 Å². The maximum atomic E-state index is 5.45. The summed E-state index contributed by atoms with van der Waals surface area (Å²) in [6, 6.07) is 15.0. The molecule has 0 N–H and O–H groups in total. The molecule has 0 aromatic heterocycles. The number of benzene rings is 2. The topological polar surface area (TPSA) is 18.5 Å². The van der Waals surface area contributed by atoms with Crippen molar-refractivity contribution in [2.24, 2.45) is 0 Å². The third kappa shape index (κ3) is 2.18. The molecule has 116 valence electrons. The van der Waals surface area contributed by atoms with Crippen molar-refractivity contribution in [1.82, 2.24) is 0 Å². The molecule has 0 heterocycles. The molecule has 0 amide bonds. The summed E-state index contributed by atoms with van der Waals surface area (Å²) in [6.07, 6.45) is 1.09. The van der Waals surface area contributed by atoms with E-state index in [0.29, 0.717) is 0 Å². The molecular formula is C20H24O2. The first-order chi connectivity index (χ1) is 10.4. The van der Waals surface area contributed by atoms with Gasteiger partial charge in [0.1, 0.15) is 11.5 Å². The lowest BCUT2D eigenvalue weighted by atomic mass is 9.75. The van der Waals surface area contributed by atoms with Crippen LogP contribution >= 0.6 is 0 Å². The van der Waals surface area contributed by atoms with Crippen LogP contribution in [-0.2, 0) is 10.8 Å². The number of methoxy groups -OCH3 is 2. The summed E-state index contributed by atoms with van der Waals surface area (Å²) in [5, 5.41) is 0. The Hall–Kier alpha value is -1.96. The Morgan fingerprint density at radius 1 is 0.773 bits per heavy atom. The molecular weight excluding hydrogens is 272 g/mol. The van der Waals surface area contributed by atoms with Gasteiger partial charge in [0.2, 0.25) is 0 Å². The zero-order chi connectivity index (χ0) is 16.0. The van der Waals surface area contributed by atoms with E-state index in [2.05, 4.69) is 51.1 Å². The van der Waals surface area contributed by atoms with Crippen molar-refractivity contribution in [3.8, 4) is 11.5 Å². The minimum atomic E-state index is -0.000352. The number of hydrogen-bond donors (Lipinski definition) is 0. The quantitative estimate of drug-likeness (QED) is 0.818. The number of ether oxygens (including phenoxy) is 2. The van der Waals surface area contributed by atoms with Crippen LogP contribution in [0.4, 0.5) is 0 Å². The van der Waals surface area contributed by atoms with Crippen molar-refractivity contribution in [2.45, 2.75) is 38.0 Å².